The molecule has 0 N–H and O–H groups in total. The first kappa shape index (κ1) is 43.0. The molecule has 2 aromatic heterocycles. The van der Waals surface area contributed by atoms with Crippen molar-refractivity contribution in [3.63, 3.8) is 0 Å². The summed E-state index contributed by atoms with van der Waals surface area (Å²) in [6, 6.07) is 76.2. The molecule has 0 spiro atoms. The van der Waals surface area contributed by atoms with Crippen LogP contribution in [0.15, 0.2) is 224 Å². The van der Waals surface area contributed by atoms with Crippen LogP contribution < -0.4 is 9.80 Å². The summed E-state index contributed by atoms with van der Waals surface area (Å²) in [6.07, 6.45) is 0. The minimum atomic E-state index is 0.478. The zero-order chi connectivity index (χ0) is 48.3. The van der Waals surface area contributed by atoms with E-state index >= 15 is 0 Å². The Bertz CT molecular complexity index is 3790. The second-order valence-corrected chi connectivity index (χ2v) is 16.7. The quantitative estimate of drug-likeness (QED) is 0.128. The fourth-order valence-corrected chi connectivity index (χ4v) is 9.07. The lowest BCUT2D eigenvalue weighted by Crippen LogP contribution is -2.10. The monoisotopic (exact) mass is 907 g/mol. The van der Waals surface area contributed by atoms with Gasteiger partial charge in [0.05, 0.1) is 53.8 Å². The fraction of sp³-hybridized carbons (Fsp3) is 0. The molecule has 0 aliphatic rings. The Morgan fingerprint density at radius 3 is 1.38 bits per heavy atom. The van der Waals surface area contributed by atoms with E-state index in [2.05, 4.69) is 144 Å². The number of anilines is 6. The molecule has 9 aromatic carbocycles. The Morgan fingerprint density at radius 1 is 0.394 bits per heavy atom. The maximum absolute atomic E-state index is 9.68. The topological polar surface area (TPSA) is 74.1 Å². The number of aromatic nitrogens is 3. The number of fused-ring (bicyclic) bond motifs is 3. The Morgan fingerprint density at radius 2 is 0.859 bits per heavy atom. The molecule has 2 heterocycles. The van der Waals surface area contributed by atoms with Crippen LogP contribution in [0.5, 0.6) is 0 Å². The maximum Gasteiger partial charge on any atom is 0.187 e. The molecule has 0 aliphatic heterocycles. The fourth-order valence-electron chi connectivity index (χ4n) is 9.07. The van der Waals surface area contributed by atoms with E-state index in [0.29, 0.717) is 39.8 Å². The predicted octanol–water partition coefficient (Wildman–Crippen LogP) is 17.0. The van der Waals surface area contributed by atoms with Crippen molar-refractivity contribution in [1.29, 1.82) is 5.26 Å². The van der Waals surface area contributed by atoms with Crippen molar-refractivity contribution in [2.24, 2.45) is 0 Å². The van der Waals surface area contributed by atoms with E-state index in [4.69, 9.17) is 29.7 Å². The molecule has 0 aliphatic carbocycles. The average Bonchev–Trinajstić information content (AvgIpc) is 3.77. The summed E-state index contributed by atoms with van der Waals surface area (Å²) in [6.45, 7) is 22.9. The van der Waals surface area contributed by atoms with Crippen molar-refractivity contribution in [2.75, 3.05) is 9.80 Å². The number of hydrogen-bond donors (Lipinski definition) is 0. The van der Waals surface area contributed by atoms with Gasteiger partial charge in [-0.3, -0.25) is 0 Å². The first-order valence-corrected chi connectivity index (χ1v) is 22.7. The Kier molecular flexibility index (Phi) is 11.3. The van der Waals surface area contributed by atoms with E-state index < -0.39 is 0 Å². The van der Waals surface area contributed by atoms with Gasteiger partial charge in [0.15, 0.2) is 22.9 Å². The van der Waals surface area contributed by atoms with Gasteiger partial charge in [-0.05, 0) is 133 Å². The minimum absolute atomic E-state index is 0.478. The van der Waals surface area contributed by atoms with Gasteiger partial charge in [-0.25, -0.2) is 24.5 Å². The van der Waals surface area contributed by atoms with Crippen molar-refractivity contribution in [3.8, 4) is 45.7 Å². The van der Waals surface area contributed by atoms with Crippen LogP contribution in [0.3, 0.4) is 0 Å². The first-order chi connectivity index (χ1) is 35.0. The predicted molar refractivity (Wildman–Crippen MR) is 286 cm³/mol. The molecule has 0 saturated heterocycles. The second-order valence-electron chi connectivity index (χ2n) is 16.7. The van der Waals surface area contributed by atoms with Gasteiger partial charge in [0, 0.05) is 61.7 Å². The van der Waals surface area contributed by atoms with E-state index in [0.717, 1.165) is 78.3 Å². The van der Waals surface area contributed by atoms with Crippen molar-refractivity contribution in [3.05, 3.63) is 264 Å². The smallest absolute Gasteiger partial charge is 0.187 e. The van der Waals surface area contributed by atoms with Crippen LogP contribution in [0.1, 0.15) is 5.56 Å². The molecular formula is C62H37N9. The van der Waals surface area contributed by atoms with E-state index in [1.807, 2.05) is 97.1 Å². The standard InChI is InChI=1S/C62H37N9/c1-64-46-24-30-52(31-25-46)70(51-26-20-42(41-63)21-27-51)55-33-35-61-57(39-55)56-38-54(69(49-16-6-4-7-17-49)50-18-8-5-9-19-50)32-34-60(56)71(61)53-28-22-43(23-29-53)58-40-59(44-12-10-14-47(36-44)65-2)68-62(67-58)45-13-11-15-48(37-45)66-3/h4-40H. The largest absolute Gasteiger partial charge is 0.311 e. The summed E-state index contributed by atoms with van der Waals surface area (Å²) in [5.74, 6) is 0.478. The highest BCUT2D eigenvalue weighted by atomic mass is 15.2. The highest BCUT2D eigenvalue weighted by Crippen LogP contribution is 2.43. The molecule has 0 unspecified atom stereocenters. The van der Waals surface area contributed by atoms with Gasteiger partial charge in [0.1, 0.15) is 0 Å². The van der Waals surface area contributed by atoms with Gasteiger partial charge < -0.3 is 14.4 Å². The van der Waals surface area contributed by atoms with Crippen LogP contribution in [-0.2, 0) is 0 Å². The van der Waals surface area contributed by atoms with Crippen LogP contribution in [0.2, 0.25) is 0 Å². The summed E-state index contributed by atoms with van der Waals surface area (Å²) < 4.78 is 2.29. The van der Waals surface area contributed by atoms with Crippen molar-refractivity contribution in [1.82, 2.24) is 14.5 Å². The molecule has 11 rings (SSSR count). The van der Waals surface area contributed by atoms with Gasteiger partial charge >= 0.3 is 0 Å². The van der Waals surface area contributed by atoms with Crippen LogP contribution >= 0.6 is 0 Å². The highest BCUT2D eigenvalue weighted by Gasteiger charge is 2.21. The number of para-hydroxylation sites is 2. The molecule has 9 heteroatoms. The number of nitrogens with zero attached hydrogens (tertiary/aromatic N) is 9. The number of rotatable bonds is 10. The molecule has 11 aromatic rings. The molecule has 0 bridgehead atoms. The maximum atomic E-state index is 9.68. The van der Waals surface area contributed by atoms with E-state index in [9.17, 15) is 5.26 Å². The van der Waals surface area contributed by atoms with Crippen LogP contribution in [0, 0.1) is 31.0 Å². The zero-order valence-electron chi connectivity index (χ0n) is 37.9. The van der Waals surface area contributed by atoms with E-state index in [-0.39, 0.29) is 0 Å². The summed E-state index contributed by atoms with van der Waals surface area (Å²) >= 11 is 0. The minimum Gasteiger partial charge on any atom is -0.311 e. The zero-order valence-corrected chi connectivity index (χ0v) is 37.9. The van der Waals surface area contributed by atoms with Crippen molar-refractivity contribution in [2.45, 2.75) is 0 Å². The highest BCUT2D eigenvalue weighted by molar-refractivity contribution is 6.12. The summed E-state index contributed by atoms with van der Waals surface area (Å²) in [5.41, 5.74) is 14.5. The van der Waals surface area contributed by atoms with Gasteiger partial charge in [-0.1, -0.05) is 97.1 Å². The lowest BCUT2D eigenvalue weighted by Gasteiger charge is -2.26. The van der Waals surface area contributed by atoms with Crippen LogP contribution in [0.4, 0.5) is 51.2 Å². The third-order valence-electron chi connectivity index (χ3n) is 12.4. The number of benzene rings is 9. The molecule has 0 amide bonds. The summed E-state index contributed by atoms with van der Waals surface area (Å²) in [5, 5.41) is 11.7. The van der Waals surface area contributed by atoms with Crippen LogP contribution in [-0.4, -0.2) is 14.5 Å². The molecule has 9 nitrogen and oxygen atoms in total. The Balaban J connectivity index is 1.09. The molecule has 0 fully saturated rings. The molecule has 71 heavy (non-hydrogen) atoms. The third-order valence-corrected chi connectivity index (χ3v) is 12.4. The lowest BCUT2D eigenvalue weighted by molar-refractivity contribution is 1.17. The first-order valence-electron chi connectivity index (χ1n) is 22.7. The van der Waals surface area contributed by atoms with Crippen molar-refractivity contribution >= 4 is 73.0 Å². The normalized spacial score (nSPS) is 10.8. The Labute approximate surface area is 410 Å². The molecule has 0 radical (unpaired) electrons. The van der Waals surface area contributed by atoms with E-state index in [1.165, 1.54) is 0 Å². The van der Waals surface area contributed by atoms with Gasteiger partial charge in [-0.15, -0.1) is 0 Å². The molecular weight excluding hydrogens is 871 g/mol. The molecule has 0 saturated carbocycles. The van der Waals surface area contributed by atoms with Crippen molar-refractivity contribution < 1.29 is 0 Å². The summed E-state index contributed by atoms with van der Waals surface area (Å²) in [7, 11) is 0. The Hall–Kier alpha value is -10.6. The van der Waals surface area contributed by atoms with Gasteiger partial charge in [0.2, 0.25) is 0 Å². The SMILES string of the molecule is [C-]#[N+]c1ccc(N(c2ccc(C#N)cc2)c2ccc3c(c2)c2cc(N(c4ccccc4)c4ccccc4)ccc2n3-c2ccc(-c3cc(-c4cccc([N+]#[C-])c4)nc(-c4cccc([N+]#[C-])c4)n3)cc2)cc1. The van der Waals surface area contributed by atoms with Crippen LogP contribution in [0.25, 0.3) is 75.9 Å². The molecule has 330 valence electrons. The van der Waals surface area contributed by atoms with E-state index in [1.54, 1.807) is 18.2 Å². The van der Waals surface area contributed by atoms with Gasteiger partial charge in [0.25, 0.3) is 0 Å². The average molecular weight is 908 g/mol. The number of hydrogen-bond acceptors (Lipinski definition) is 5. The summed E-state index contributed by atoms with van der Waals surface area (Å²) in [4.78, 5) is 25.4. The lowest BCUT2D eigenvalue weighted by atomic mass is 10.1. The third kappa shape index (κ3) is 8.32. The number of nitriles is 1. The molecule has 0 atom stereocenters. The van der Waals surface area contributed by atoms with Gasteiger partial charge in [-0.2, -0.15) is 5.26 Å². The second kappa shape index (κ2) is 18.6.